The van der Waals surface area contributed by atoms with Crippen LogP contribution in [0.2, 0.25) is 0 Å². The molecule has 57 valence electrons. The van der Waals surface area contributed by atoms with Gasteiger partial charge in [0.1, 0.15) is 0 Å². The summed E-state index contributed by atoms with van der Waals surface area (Å²) in [5.74, 6) is -0.413. The Morgan fingerprint density at radius 2 is 2.30 bits per heavy atom. The minimum atomic E-state index is -0.413. The fourth-order valence-corrected chi connectivity index (χ4v) is 0.962. The maximum atomic E-state index is 5.44. The van der Waals surface area contributed by atoms with E-state index in [0.717, 1.165) is 0 Å². The van der Waals surface area contributed by atoms with Gasteiger partial charge in [-0.1, -0.05) is 6.08 Å². The molecule has 1 radical (unpaired) electrons. The predicted molar refractivity (Wildman–Crippen MR) is 39.4 cm³/mol. The normalized spacial score (nSPS) is 30.4. The molecule has 10 heavy (non-hydrogen) atoms. The minimum Gasteiger partial charge on any atom is -0.348 e. The molecule has 0 N–H and O–H groups in total. The van der Waals surface area contributed by atoms with Gasteiger partial charge in [-0.25, -0.2) is 0 Å². The summed E-state index contributed by atoms with van der Waals surface area (Å²) >= 11 is 0. The van der Waals surface area contributed by atoms with Crippen LogP contribution >= 0.6 is 0 Å². The topological polar surface area (TPSA) is 18.5 Å². The Balaban J connectivity index is 2.35. The summed E-state index contributed by atoms with van der Waals surface area (Å²) in [6, 6.07) is 0. The number of hydrogen-bond donors (Lipinski definition) is 0. The van der Waals surface area contributed by atoms with Crippen molar-refractivity contribution in [2.45, 2.75) is 25.7 Å². The molecule has 0 aliphatic carbocycles. The van der Waals surface area contributed by atoms with E-state index in [9.17, 15) is 0 Å². The van der Waals surface area contributed by atoms with Crippen molar-refractivity contribution in [3.05, 3.63) is 19.1 Å². The highest BCUT2D eigenvalue weighted by Crippen LogP contribution is 2.23. The molecule has 1 unspecified atom stereocenters. The average Bonchev–Trinajstić information content (AvgIpc) is 2.12. The van der Waals surface area contributed by atoms with E-state index >= 15 is 0 Å². The third-order valence-corrected chi connectivity index (χ3v) is 1.38. The highest BCUT2D eigenvalue weighted by molar-refractivity contribution is 4.96. The zero-order chi connectivity index (χ0) is 7.61. The molecule has 1 aliphatic rings. The van der Waals surface area contributed by atoms with Crippen LogP contribution in [0.4, 0.5) is 0 Å². The van der Waals surface area contributed by atoms with Gasteiger partial charge in [0.25, 0.3) is 0 Å². The summed E-state index contributed by atoms with van der Waals surface area (Å²) in [5.41, 5.74) is 0. The van der Waals surface area contributed by atoms with Crippen LogP contribution in [0.1, 0.15) is 13.8 Å². The van der Waals surface area contributed by atoms with Gasteiger partial charge in [-0.2, -0.15) is 0 Å². The zero-order valence-electron chi connectivity index (χ0n) is 6.46. The first-order valence-electron chi connectivity index (χ1n) is 3.42. The van der Waals surface area contributed by atoms with E-state index in [0.29, 0.717) is 6.61 Å². The van der Waals surface area contributed by atoms with Crippen molar-refractivity contribution in [3.63, 3.8) is 0 Å². The van der Waals surface area contributed by atoms with Crippen molar-refractivity contribution >= 4 is 0 Å². The first kappa shape index (κ1) is 7.76. The summed E-state index contributed by atoms with van der Waals surface area (Å²) < 4.78 is 10.7. The van der Waals surface area contributed by atoms with Crippen molar-refractivity contribution in [1.29, 1.82) is 0 Å². The maximum absolute atomic E-state index is 5.44. The number of rotatable bonds is 2. The van der Waals surface area contributed by atoms with E-state index in [1.54, 1.807) is 6.08 Å². The van der Waals surface area contributed by atoms with Crippen LogP contribution in [-0.2, 0) is 9.47 Å². The molecule has 0 aromatic carbocycles. The van der Waals surface area contributed by atoms with Gasteiger partial charge in [-0.3, -0.25) is 0 Å². The van der Waals surface area contributed by atoms with Crippen molar-refractivity contribution in [2.24, 2.45) is 0 Å². The second-order valence-corrected chi connectivity index (χ2v) is 2.80. The lowest BCUT2D eigenvalue weighted by Crippen LogP contribution is -2.21. The largest absolute Gasteiger partial charge is 0.348 e. The molecular weight excluding hydrogens is 128 g/mol. The molecule has 0 amide bonds. The molecule has 1 rings (SSSR count). The predicted octanol–water partition coefficient (Wildman–Crippen LogP) is 1.53. The van der Waals surface area contributed by atoms with Crippen LogP contribution < -0.4 is 0 Å². The van der Waals surface area contributed by atoms with Gasteiger partial charge in [0.05, 0.1) is 12.7 Å². The van der Waals surface area contributed by atoms with E-state index in [1.807, 2.05) is 20.3 Å². The first-order valence-corrected chi connectivity index (χ1v) is 3.42. The minimum absolute atomic E-state index is 0.0903. The Labute approximate surface area is 61.8 Å². The van der Waals surface area contributed by atoms with Crippen molar-refractivity contribution < 1.29 is 9.47 Å². The van der Waals surface area contributed by atoms with Crippen LogP contribution in [0.25, 0.3) is 0 Å². The van der Waals surface area contributed by atoms with Crippen molar-refractivity contribution in [1.82, 2.24) is 0 Å². The van der Waals surface area contributed by atoms with E-state index in [-0.39, 0.29) is 6.10 Å². The lowest BCUT2D eigenvalue weighted by Gasteiger charge is -2.16. The van der Waals surface area contributed by atoms with Gasteiger partial charge in [0, 0.05) is 6.42 Å². The Morgan fingerprint density at radius 1 is 1.60 bits per heavy atom. The van der Waals surface area contributed by atoms with Crippen molar-refractivity contribution in [3.8, 4) is 0 Å². The van der Waals surface area contributed by atoms with Crippen LogP contribution in [0.3, 0.4) is 0 Å². The molecule has 1 atom stereocenters. The van der Waals surface area contributed by atoms with Crippen molar-refractivity contribution in [2.75, 3.05) is 6.61 Å². The molecule has 0 saturated carbocycles. The van der Waals surface area contributed by atoms with E-state index < -0.39 is 5.79 Å². The molecule has 0 aromatic heterocycles. The summed E-state index contributed by atoms with van der Waals surface area (Å²) in [5, 5.41) is 0. The summed E-state index contributed by atoms with van der Waals surface area (Å²) in [6.07, 6.45) is 3.72. The third-order valence-electron chi connectivity index (χ3n) is 1.38. The lowest BCUT2D eigenvalue weighted by molar-refractivity contribution is -0.134. The molecule has 1 aliphatic heterocycles. The monoisotopic (exact) mass is 141 g/mol. The molecule has 0 spiro atoms. The number of ether oxygens (including phenoxy) is 2. The second-order valence-electron chi connectivity index (χ2n) is 2.80. The molecule has 1 saturated heterocycles. The van der Waals surface area contributed by atoms with Gasteiger partial charge in [-0.15, -0.1) is 6.58 Å². The Morgan fingerprint density at radius 3 is 2.70 bits per heavy atom. The quantitative estimate of drug-likeness (QED) is 0.580. The molecule has 0 aromatic rings. The Hall–Kier alpha value is -0.340. The maximum Gasteiger partial charge on any atom is 0.163 e. The van der Waals surface area contributed by atoms with Gasteiger partial charge < -0.3 is 9.47 Å². The van der Waals surface area contributed by atoms with Crippen LogP contribution in [0.5, 0.6) is 0 Å². The average molecular weight is 141 g/mol. The molecular formula is C8H13O2. The zero-order valence-corrected chi connectivity index (χ0v) is 6.46. The van der Waals surface area contributed by atoms with Gasteiger partial charge in [-0.05, 0) is 13.8 Å². The molecule has 2 heteroatoms. The van der Waals surface area contributed by atoms with Crippen LogP contribution in [0.15, 0.2) is 12.7 Å². The summed E-state index contributed by atoms with van der Waals surface area (Å²) in [7, 11) is 0. The standard InChI is InChI=1S/C8H13O2/c1-4-5-7-6-9-8(2,3)10-7/h4-5,7H,1,6H2,2-3H3. The summed E-state index contributed by atoms with van der Waals surface area (Å²) in [4.78, 5) is 0. The van der Waals surface area contributed by atoms with E-state index in [1.165, 1.54) is 0 Å². The van der Waals surface area contributed by atoms with Gasteiger partial charge >= 0.3 is 0 Å². The highest BCUT2D eigenvalue weighted by Gasteiger charge is 2.31. The number of hydrogen-bond acceptors (Lipinski definition) is 2. The SMILES string of the molecule is C=C[CH]C1COC(C)(C)O1. The third kappa shape index (κ3) is 1.82. The Bertz CT molecular complexity index is 129. The Kier molecular flexibility index (Phi) is 2.11. The van der Waals surface area contributed by atoms with Gasteiger partial charge in [0.15, 0.2) is 5.79 Å². The highest BCUT2D eigenvalue weighted by atomic mass is 16.7. The summed E-state index contributed by atoms with van der Waals surface area (Å²) in [6.45, 7) is 8.03. The fraction of sp³-hybridized carbons (Fsp3) is 0.625. The van der Waals surface area contributed by atoms with E-state index in [4.69, 9.17) is 9.47 Å². The molecule has 2 nitrogen and oxygen atoms in total. The smallest absolute Gasteiger partial charge is 0.163 e. The second kappa shape index (κ2) is 2.72. The van der Waals surface area contributed by atoms with Gasteiger partial charge in [0.2, 0.25) is 0 Å². The molecule has 1 fully saturated rings. The fourth-order valence-electron chi connectivity index (χ4n) is 0.962. The molecule has 1 heterocycles. The van der Waals surface area contributed by atoms with Crippen LogP contribution in [0, 0.1) is 6.42 Å². The first-order chi connectivity index (χ1) is 4.64. The van der Waals surface area contributed by atoms with Crippen LogP contribution in [-0.4, -0.2) is 18.5 Å². The lowest BCUT2D eigenvalue weighted by atomic mass is 10.3. The molecule has 0 bridgehead atoms. The van der Waals surface area contributed by atoms with E-state index in [2.05, 4.69) is 6.58 Å².